The molecule has 180 valence electrons. The molecule has 7 nitrogen and oxygen atoms in total. The molecule has 0 aromatic heterocycles. The Morgan fingerprint density at radius 2 is 1.56 bits per heavy atom. The van der Waals surface area contributed by atoms with E-state index >= 15 is 0 Å². The largest absolute Gasteiger partial charge is 0.497 e. The first-order valence-electron chi connectivity index (χ1n) is 10.8. The zero-order valence-corrected chi connectivity index (χ0v) is 20.8. The second-order valence-electron chi connectivity index (χ2n) is 8.15. The quantitative estimate of drug-likeness (QED) is 0.478. The molecule has 0 spiro atoms. The van der Waals surface area contributed by atoms with Crippen LogP contribution < -0.4 is 19.5 Å². The van der Waals surface area contributed by atoms with Crippen LogP contribution in [0.3, 0.4) is 0 Å². The third-order valence-corrected chi connectivity index (χ3v) is 7.21. The summed E-state index contributed by atoms with van der Waals surface area (Å²) < 4.78 is 40.0. The van der Waals surface area contributed by atoms with Crippen molar-refractivity contribution in [3.05, 3.63) is 82.9 Å². The molecule has 1 atom stereocenters. The summed E-state index contributed by atoms with van der Waals surface area (Å²) in [7, 11) is -0.965. The first-order valence-corrected chi connectivity index (χ1v) is 12.3. The smallest absolute Gasteiger partial charge is 0.243 e. The van der Waals surface area contributed by atoms with Gasteiger partial charge in [0.2, 0.25) is 15.9 Å². The number of benzene rings is 3. The van der Waals surface area contributed by atoms with Crippen molar-refractivity contribution in [2.75, 3.05) is 19.5 Å². The van der Waals surface area contributed by atoms with Gasteiger partial charge in [0.05, 0.1) is 24.8 Å². The van der Waals surface area contributed by atoms with Gasteiger partial charge in [-0.15, -0.1) is 0 Å². The first kappa shape index (κ1) is 25.3. The lowest BCUT2D eigenvalue weighted by atomic mass is 10.1. The van der Waals surface area contributed by atoms with Gasteiger partial charge in [-0.2, -0.15) is 4.72 Å². The number of methoxy groups -OCH3 is 2. The number of rotatable bonds is 9. The second-order valence-corrected chi connectivity index (χ2v) is 9.80. The molecule has 0 saturated heterocycles. The molecule has 1 unspecified atom stereocenters. The minimum Gasteiger partial charge on any atom is -0.497 e. The Bertz CT molecular complexity index is 1250. The molecule has 0 heterocycles. The molecule has 3 aromatic carbocycles. The molecule has 0 aliphatic carbocycles. The summed E-state index contributed by atoms with van der Waals surface area (Å²) in [6, 6.07) is 16.8. The molecule has 0 bridgehead atoms. The lowest BCUT2D eigenvalue weighted by Gasteiger charge is -2.21. The maximum absolute atomic E-state index is 13.4. The van der Waals surface area contributed by atoms with Crippen LogP contribution in [0.1, 0.15) is 22.3 Å². The lowest BCUT2D eigenvalue weighted by molar-refractivity contribution is -0.117. The summed E-state index contributed by atoms with van der Waals surface area (Å²) >= 11 is 0. The highest BCUT2D eigenvalue weighted by Gasteiger charge is 2.29. The number of carbonyl (C=O) groups is 1. The summed E-state index contributed by atoms with van der Waals surface area (Å²) in [4.78, 5) is 13.5. The Balaban J connectivity index is 1.95. The molecular formula is C26H30N2O5S. The first-order chi connectivity index (χ1) is 16.1. The highest BCUT2D eigenvalue weighted by atomic mass is 32.2. The SMILES string of the molecule is COc1ccc(NC(=O)C(Cc2ccccc2)NS(=O)(=O)c2c(C)cc(C)cc2C)c(OC)c1. The van der Waals surface area contributed by atoms with Crippen LogP contribution in [0.25, 0.3) is 0 Å². The van der Waals surface area contributed by atoms with Crippen LogP contribution in [0.2, 0.25) is 0 Å². The van der Waals surface area contributed by atoms with E-state index in [0.29, 0.717) is 28.3 Å². The van der Waals surface area contributed by atoms with Crippen molar-refractivity contribution < 1.29 is 22.7 Å². The van der Waals surface area contributed by atoms with Crippen LogP contribution in [0.15, 0.2) is 65.6 Å². The number of nitrogens with one attached hydrogen (secondary N) is 2. The van der Waals surface area contributed by atoms with Crippen LogP contribution in [0, 0.1) is 20.8 Å². The van der Waals surface area contributed by atoms with Gasteiger partial charge in [0.25, 0.3) is 0 Å². The van der Waals surface area contributed by atoms with Gasteiger partial charge < -0.3 is 14.8 Å². The molecule has 34 heavy (non-hydrogen) atoms. The molecule has 3 aromatic rings. The van der Waals surface area contributed by atoms with E-state index in [1.165, 1.54) is 14.2 Å². The number of sulfonamides is 1. The Morgan fingerprint density at radius 3 is 2.15 bits per heavy atom. The number of anilines is 1. The summed E-state index contributed by atoms with van der Waals surface area (Å²) in [5.41, 5.74) is 3.46. The molecule has 0 aliphatic heterocycles. The van der Waals surface area contributed by atoms with Gasteiger partial charge in [-0.3, -0.25) is 4.79 Å². The fourth-order valence-electron chi connectivity index (χ4n) is 4.00. The van der Waals surface area contributed by atoms with E-state index in [4.69, 9.17) is 9.47 Å². The Labute approximate surface area is 201 Å². The predicted molar refractivity (Wildman–Crippen MR) is 133 cm³/mol. The lowest BCUT2D eigenvalue weighted by Crippen LogP contribution is -2.45. The van der Waals surface area contributed by atoms with E-state index in [9.17, 15) is 13.2 Å². The van der Waals surface area contributed by atoms with Crippen molar-refractivity contribution in [1.82, 2.24) is 4.72 Å². The minimum absolute atomic E-state index is 0.175. The van der Waals surface area contributed by atoms with Crippen LogP contribution in [0.4, 0.5) is 5.69 Å². The molecule has 2 N–H and O–H groups in total. The topological polar surface area (TPSA) is 93.7 Å². The molecule has 0 aliphatic rings. The van der Waals surface area contributed by atoms with Crippen LogP contribution in [-0.2, 0) is 21.2 Å². The van der Waals surface area contributed by atoms with E-state index in [1.807, 2.05) is 49.4 Å². The number of ether oxygens (including phenoxy) is 2. The molecule has 0 fully saturated rings. The van der Waals surface area contributed by atoms with E-state index < -0.39 is 22.0 Å². The number of amides is 1. The Kier molecular flexibility index (Phi) is 7.96. The van der Waals surface area contributed by atoms with Gasteiger partial charge in [-0.05, 0) is 56.0 Å². The summed E-state index contributed by atoms with van der Waals surface area (Å²) in [6.07, 6.45) is 0.175. The van der Waals surface area contributed by atoms with Gasteiger partial charge in [0.15, 0.2) is 0 Å². The second kappa shape index (κ2) is 10.7. The van der Waals surface area contributed by atoms with Crippen LogP contribution in [-0.4, -0.2) is 34.6 Å². The van der Waals surface area contributed by atoms with Gasteiger partial charge in [0.1, 0.15) is 17.5 Å². The van der Waals surface area contributed by atoms with Crippen molar-refractivity contribution in [3.8, 4) is 11.5 Å². The highest BCUT2D eigenvalue weighted by Crippen LogP contribution is 2.29. The Morgan fingerprint density at radius 1 is 0.912 bits per heavy atom. The molecule has 1 amide bonds. The maximum Gasteiger partial charge on any atom is 0.243 e. The van der Waals surface area contributed by atoms with Gasteiger partial charge >= 0.3 is 0 Å². The standard InChI is InChI=1S/C26H30N2O5S/c1-17-13-18(2)25(19(3)14-17)34(30,31)28-23(15-20-9-7-6-8-10-20)26(29)27-22-12-11-21(32-4)16-24(22)33-5/h6-14,16,23,28H,15H2,1-5H3,(H,27,29). The van der Waals surface area contributed by atoms with Crippen molar-refractivity contribution in [2.24, 2.45) is 0 Å². The number of hydrogen-bond acceptors (Lipinski definition) is 5. The van der Waals surface area contributed by atoms with Crippen molar-refractivity contribution in [2.45, 2.75) is 38.1 Å². The fraction of sp³-hybridized carbons (Fsp3) is 0.269. The van der Waals surface area contributed by atoms with Crippen LogP contribution in [0.5, 0.6) is 11.5 Å². The van der Waals surface area contributed by atoms with Crippen LogP contribution >= 0.6 is 0 Å². The zero-order valence-electron chi connectivity index (χ0n) is 20.0. The van der Waals surface area contributed by atoms with Crippen molar-refractivity contribution >= 4 is 21.6 Å². The van der Waals surface area contributed by atoms with E-state index in [2.05, 4.69) is 10.0 Å². The number of carbonyl (C=O) groups excluding carboxylic acids is 1. The maximum atomic E-state index is 13.4. The highest BCUT2D eigenvalue weighted by molar-refractivity contribution is 7.89. The summed E-state index contributed by atoms with van der Waals surface area (Å²) in [6.45, 7) is 5.42. The van der Waals surface area contributed by atoms with Gasteiger partial charge in [0, 0.05) is 6.07 Å². The molecular weight excluding hydrogens is 452 g/mol. The monoisotopic (exact) mass is 482 g/mol. The fourth-order valence-corrected chi connectivity index (χ4v) is 5.64. The predicted octanol–water partition coefficient (Wildman–Crippen LogP) is 4.16. The van der Waals surface area contributed by atoms with E-state index in [0.717, 1.165) is 11.1 Å². The molecule has 3 rings (SSSR count). The van der Waals surface area contributed by atoms with Crippen molar-refractivity contribution in [3.63, 3.8) is 0 Å². The Hall–Kier alpha value is -3.36. The average molecular weight is 483 g/mol. The van der Waals surface area contributed by atoms with Gasteiger partial charge in [-0.25, -0.2) is 8.42 Å². The molecule has 8 heteroatoms. The third-order valence-electron chi connectivity index (χ3n) is 5.44. The molecule has 0 radical (unpaired) electrons. The van der Waals surface area contributed by atoms with Gasteiger partial charge in [-0.1, -0.05) is 48.0 Å². The van der Waals surface area contributed by atoms with Crippen molar-refractivity contribution in [1.29, 1.82) is 0 Å². The zero-order chi connectivity index (χ0) is 24.9. The number of aryl methyl sites for hydroxylation is 3. The van der Waals surface area contributed by atoms with E-state index in [1.54, 1.807) is 32.0 Å². The minimum atomic E-state index is -3.98. The van der Waals surface area contributed by atoms with E-state index in [-0.39, 0.29) is 11.3 Å². The molecule has 0 saturated carbocycles. The summed E-state index contributed by atoms with van der Waals surface area (Å²) in [5, 5.41) is 2.80. The average Bonchev–Trinajstić information content (AvgIpc) is 2.78. The normalized spacial score (nSPS) is 12.1. The third kappa shape index (κ3) is 5.95. The number of hydrogen-bond donors (Lipinski definition) is 2. The summed E-state index contributed by atoms with van der Waals surface area (Å²) in [5.74, 6) is 0.472.